The van der Waals surface area contributed by atoms with Crippen molar-refractivity contribution in [3.8, 4) is 0 Å². The molecule has 0 aliphatic carbocycles. The van der Waals surface area contributed by atoms with Gasteiger partial charge in [0.05, 0.1) is 0 Å². The number of hydrogen-bond acceptors (Lipinski definition) is 2. The van der Waals surface area contributed by atoms with Gasteiger partial charge in [-0.15, -0.1) is 12.4 Å². The molecule has 19 heavy (non-hydrogen) atoms. The van der Waals surface area contributed by atoms with Crippen LogP contribution in [0, 0.1) is 0 Å². The van der Waals surface area contributed by atoms with Crippen molar-refractivity contribution in [2.45, 2.75) is 84.7 Å². The Balaban J connectivity index is 0.00000324. The topological polar surface area (TPSA) is 18.5 Å². The van der Waals surface area contributed by atoms with Gasteiger partial charge in [0.2, 0.25) is 0 Å². The monoisotopic (exact) mass is 260 g/mol. The standard InChI is InChI=1S/C15H30BO2.Li/c1-5-7-9-10-11-13-16(12-8-6-2)17-14(3)15(4)18-16;/h11,13-15H,5-10,12H2,1-4H3;/q-1;+1/b13-11+;. The smallest absolute Gasteiger partial charge is 0.561 e. The molecule has 0 amide bonds. The van der Waals surface area contributed by atoms with Crippen LogP contribution in [0.25, 0.3) is 0 Å². The van der Waals surface area contributed by atoms with Crippen LogP contribution in [0.15, 0.2) is 12.1 Å². The first-order valence-electron chi connectivity index (χ1n) is 7.83. The van der Waals surface area contributed by atoms with Gasteiger partial charge in [0.15, 0.2) is 0 Å². The van der Waals surface area contributed by atoms with Crippen molar-refractivity contribution >= 4 is 6.55 Å². The molecule has 2 unspecified atom stereocenters. The summed E-state index contributed by atoms with van der Waals surface area (Å²) in [5.74, 6) is 2.23. The summed E-state index contributed by atoms with van der Waals surface area (Å²) < 4.78 is 12.2. The van der Waals surface area contributed by atoms with Crippen LogP contribution in [0.1, 0.15) is 66.2 Å². The Morgan fingerprint density at radius 2 is 1.53 bits per heavy atom. The molecule has 0 aromatic carbocycles. The van der Waals surface area contributed by atoms with E-state index in [0.717, 1.165) is 12.7 Å². The second-order valence-corrected chi connectivity index (χ2v) is 5.69. The molecule has 0 bridgehead atoms. The molecular weight excluding hydrogens is 230 g/mol. The molecule has 106 valence electrons. The SMILES string of the molecule is CCCCC/C=C/[B-]1(CCCC)OC(C)C(C)O1.[Li+]. The molecule has 0 spiro atoms. The Hall–Kier alpha value is 0.322. The summed E-state index contributed by atoms with van der Waals surface area (Å²) in [6.07, 6.45) is 11.2. The third-order valence-electron chi connectivity index (χ3n) is 3.91. The zero-order valence-electron chi connectivity index (χ0n) is 13.7. The van der Waals surface area contributed by atoms with Gasteiger partial charge < -0.3 is 9.31 Å². The maximum Gasteiger partial charge on any atom is 1.00 e. The maximum atomic E-state index is 6.12. The zero-order valence-corrected chi connectivity index (χ0v) is 13.7. The average molecular weight is 260 g/mol. The normalized spacial score (nSPS) is 30.7. The Kier molecular flexibility index (Phi) is 10.3. The predicted molar refractivity (Wildman–Crippen MR) is 79.8 cm³/mol. The van der Waals surface area contributed by atoms with Crippen LogP contribution in [0.2, 0.25) is 6.32 Å². The van der Waals surface area contributed by atoms with Gasteiger partial charge in [-0.05, 0) is 26.7 Å². The van der Waals surface area contributed by atoms with Crippen LogP contribution >= 0.6 is 0 Å². The van der Waals surface area contributed by atoms with Gasteiger partial charge in [0.1, 0.15) is 0 Å². The van der Waals surface area contributed by atoms with Gasteiger partial charge >= 0.3 is 18.9 Å². The summed E-state index contributed by atoms with van der Waals surface area (Å²) in [6, 6.07) is 0. The van der Waals surface area contributed by atoms with Gasteiger partial charge in [0.25, 0.3) is 6.55 Å². The minimum atomic E-state index is -1.15. The van der Waals surface area contributed by atoms with Crippen LogP contribution < -0.4 is 18.9 Å². The van der Waals surface area contributed by atoms with Crippen LogP contribution in [0.5, 0.6) is 0 Å². The number of unbranched alkanes of at least 4 members (excludes halogenated alkanes) is 4. The second-order valence-electron chi connectivity index (χ2n) is 5.69. The molecule has 2 atom stereocenters. The molecule has 0 N–H and O–H groups in total. The van der Waals surface area contributed by atoms with Gasteiger partial charge in [-0.3, -0.25) is 0 Å². The van der Waals surface area contributed by atoms with Crippen molar-refractivity contribution in [2.75, 3.05) is 0 Å². The first-order chi connectivity index (χ1) is 8.63. The van der Waals surface area contributed by atoms with Crippen molar-refractivity contribution in [3.63, 3.8) is 0 Å². The predicted octanol–water partition coefficient (Wildman–Crippen LogP) is 1.73. The van der Waals surface area contributed by atoms with Crippen molar-refractivity contribution in [1.82, 2.24) is 0 Å². The Morgan fingerprint density at radius 1 is 0.947 bits per heavy atom. The van der Waals surface area contributed by atoms with E-state index in [-0.39, 0.29) is 31.1 Å². The van der Waals surface area contributed by atoms with Crippen LogP contribution in [-0.4, -0.2) is 18.8 Å². The van der Waals surface area contributed by atoms with Gasteiger partial charge in [0, 0.05) is 12.2 Å². The second kappa shape index (κ2) is 10.1. The molecule has 1 aliphatic rings. The Morgan fingerprint density at radius 3 is 2.05 bits per heavy atom. The van der Waals surface area contributed by atoms with E-state index in [0.29, 0.717) is 0 Å². The van der Waals surface area contributed by atoms with Crippen LogP contribution in [0.3, 0.4) is 0 Å². The fraction of sp³-hybridized carbons (Fsp3) is 0.867. The van der Waals surface area contributed by atoms with E-state index in [1.165, 1.54) is 32.1 Å². The number of rotatable bonds is 8. The van der Waals surface area contributed by atoms with Crippen LogP contribution in [0.4, 0.5) is 0 Å². The van der Waals surface area contributed by atoms with Crippen LogP contribution in [-0.2, 0) is 9.31 Å². The van der Waals surface area contributed by atoms with Crippen molar-refractivity contribution in [1.29, 1.82) is 0 Å². The molecule has 0 radical (unpaired) electrons. The number of allylic oxidation sites excluding steroid dienone is 1. The van der Waals surface area contributed by atoms with E-state index in [2.05, 4.69) is 39.7 Å². The fourth-order valence-corrected chi connectivity index (χ4v) is 2.61. The molecule has 1 heterocycles. The first kappa shape index (κ1) is 19.3. The third-order valence-corrected chi connectivity index (χ3v) is 3.91. The first-order valence-corrected chi connectivity index (χ1v) is 7.83. The number of hydrogen-bond donors (Lipinski definition) is 0. The quantitative estimate of drug-likeness (QED) is 0.489. The van der Waals surface area contributed by atoms with Crippen molar-refractivity contribution in [3.05, 3.63) is 12.1 Å². The van der Waals surface area contributed by atoms with Gasteiger partial charge in [-0.2, -0.15) is 5.98 Å². The summed E-state index contributed by atoms with van der Waals surface area (Å²) in [4.78, 5) is 0. The van der Waals surface area contributed by atoms with E-state index in [1.54, 1.807) is 0 Å². The third kappa shape index (κ3) is 6.54. The maximum absolute atomic E-state index is 6.12. The minimum absolute atomic E-state index is 0. The van der Waals surface area contributed by atoms with E-state index in [4.69, 9.17) is 9.31 Å². The van der Waals surface area contributed by atoms with E-state index < -0.39 is 6.55 Å². The molecule has 0 aromatic rings. The van der Waals surface area contributed by atoms with E-state index in [1.807, 2.05) is 0 Å². The van der Waals surface area contributed by atoms with E-state index >= 15 is 0 Å². The summed E-state index contributed by atoms with van der Waals surface area (Å²) in [7, 11) is 0. The summed E-state index contributed by atoms with van der Waals surface area (Å²) in [5.41, 5.74) is 0. The summed E-state index contributed by atoms with van der Waals surface area (Å²) in [5, 5.41) is 0. The van der Waals surface area contributed by atoms with Crippen molar-refractivity contribution in [2.24, 2.45) is 0 Å². The molecule has 1 saturated heterocycles. The molecule has 1 fully saturated rings. The molecule has 4 heteroatoms. The molecule has 0 saturated carbocycles. The Bertz CT molecular complexity index is 249. The summed E-state index contributed by atoms with van der Waals surface area (Å²) >= 11 is 0. The molecular formula is C15H30BLiO2. The molecule has 1 rings (SSSR count). The zero-order chi connectivity index (χ0) is 13.4. The minimum Gasteiger partial charge on any atom is -0.561 e. The van der Waals surface area contributed by atoms with Gasteiger partial charge in [-0.1, -0.05) is 39.5 Å². The fourth-order valence-electron chi connectivity index (χ4n) is 2.61. The van der Waals surface area contributed by atoms with E-state index in [9.17, 15) is 0 Å². The Labute approximate surface area is 131 Å². The largest absolute Gasteiger partial charge is 1.00 e. The molecule has 1 aliphatic heterocycles. The van der Waals surface area contributed by atoms with Crippen molar-refractivity contribution < 1.29 is 28.2 Å². The average Bonchev–Trinajstić information content (AvgIpc) is 2.63. The molecule has 0 aromatic heterocycles. The van der Waals surface area contributed by atoms with Gasteiger partial charge in [-0.25, -0.2) is 0 Å². The molecule has 2 nitrogen and oxygen atoms in total. The summed E-state index contributed by atoms with van der Waals surface area (Å²) in [6.45, 7) is 7.54.